The molecule has 0 unspecified atom stereocenters. The van der Waals surface area contributed by atoms with Crippen LogP contribution in [0.25, 0.3) is 11.0 Å². The molecule has 1 aliphatic heterocycles. The quantitative estimate of drug-likeness (QED) is 0.255. The number of anilines is 6. The van der Waals surface area contributed by atoms with Gasteiger partial charge in [0.05, 0.1) is 36.5 Å². The summed E-state index contributed by atoms with van der Waals surface area (Å²) in [6.45, 7) is 7.99. The third kappa shape index (κ3) is 6.53. The van der Waals surface area contributed by atoms with E-state index in [1.807, 2.05) is 0 Å². The van der Waals surface area contributed by atoms with Crippen LogP contribution >= 0.6 is 11.6 Å². The summed E-state index contributed by atoms with van der Waals surface area (Å²) in [6.07, 6.45) is 6.57. The van der Waals surface area contributed by atoms with Crippen molar-refractivity contribution in [3.63, 3.8) is 0 Å². The van der Waals surface area contributed by atoms with E-state index < -0.39 is 10.0 Å². The highest BCUT2D eigenvalue weighted by Gasteiger charge is 2.24. The van der Waals surface area contributed by atoms with Gasteiger partial charge in [0.1, 0.15) is 22.0 Å². The Kier molecular flexibility index (Phi) is 9.04. The number of nitrogens with one attached hydrogen (secondary N) is 2. The first-order chi connectivity index (χ1) is 20.6. The summed E-state index contributed by atoms with van der Waals surface area (Å²) >= 11 is 6.54. The number of aromatic nitrogens is 4. The predicted molar refractivity (Wildman–Crippen MR) is 173 cm³/mol. The predicted octanol–water partition coefficient (Wildman–Crippen LogP) is 4.67. The van der Waals surface area contributed by atoms with E-state index in [0.717, 1.165) is 50.2 Å². The van der Waals surface area contributed by atoms with Crippen molar-refractivity contribution in [1.29, 1.82) is 0 Å². The van der Waals surface area contributed by atoms with Gasteiger partial charge in [0, 0.05) is 56.9 Å². The summed E-state index contributed by atoms with van der Waals surface area (Å²) < 4.78 is 32.6. The van der Waals surface area contributed by atoms with Crippen molar-refractivity contribution >= 4 is 67.2 Å². The molecule has 1 saturated heterocycles. The molecule has 14 heteroatoms. The van der Waals surface area contributed by atoms with Gasteiger partial charge >= 0.3 is 0 Å². The zero-order valence-electron chi connectivity index (χ0n) is 24.9. The van der Waals surface area contributed by atoms with Crippen LogP contribution in [0, 0.1) is 0 Å². The molecule has 0 spiro atoms. The molecule has 1 aliphatic rings. The Morgan fingerprint density at radius 2 is 1.77 bits per heavy atom. The van der Waals surface area contributed by atoms with Crippen LogP contribution in [0.4, 0.5) is 34.5 Å². The zero-order chi connectivity index (χ0) is 30.7. The molecule has 43 heavy (non-hydrogen) atoms. The minimum Gasteiger partial charge on any atom is -0.494 e. The lowest BCUT2D eigenvalue weighted by Crippen LogP contribution is -2.44. The van der Waals surface area contributed by atoms with E-state index in [1.165, 1.54) is 22.3 Å². The van der Waals surface area contributed by atoms with E-state index in [9.17, 15) is 8.42 Å². The van der Waals surface area contributed by atoms with Gasteiger partial charge in [0.2, 0.25) is 16.0 Å². The highest BCUT2D eigenvalue weighted by atomic mass is 35.5. The molecule has 0 amide bonds. The molecule has 2 N–H and O–H groups in total. The number of fused-ring (bicyclic) bond motifs is 1. The van der Waals surface area contributed by atoms with Crippen molar-refractivity contribution in [2.45, 2.75) is 20.3 Å². The average molecular weight is 626 g/mol. The van der Waals surface area contributed by atoms with Crippen molar-refractivity contribution in [3.05, 3.63) is 53.4 Å². The Bertz CT molecular complexity index is 1730. The summed E-state index contributed by atoms with van der Waals surface area (Å²) in [5.41, 5.74) is 4.86. The first-order valence-corrected chi connectivity index (χ1v) is 16.3. The van der Waals surface area contributed by atoms with E-state index in [0.29, 0.717) is 28.2 Å². The Morgan fingerprint density at radius 3 is 2.44 bits per heavy atom. The number of hydrogen-bond donors (Lipinski definition) is 2. The van der Waals surface area contributed by atoms with E-state index in [-0.39, 0.29) is 23.3 Å². The van der Waals surface area contributed by atoms with Gasteiger partial charge in [-0.15, -0.1) is 0 Å². The van der Waals surface area contributed by atoms with Crippen LogP contribution in [-0.4, -0.2) is 86.4 Å². The number of ether oxygens (including phenoxy) is 1. The summed E-state index contributed by atoms with van der Waals surface area (Å²) in [5.74, 6) is 1.25. The fraction of sp³-hybridized carbons (Fsp3) is 0.379. The molecule has 1 fully saturated rings. The Balaban J connectivity index is 1.50. The van der Waals surface area contributed by atoms with Crippen LogP contribution in [0.15, 0.2) is 42.9 Å². The molecule has 3 heterocycles. The van der Waals surface area contributed by atoms with E-state index in [2.05, 4.69) is 66.5 Å². The summed E-state index contributed by atoms with van der Waals surface area (Å²) in [6, 6.07) is 7.63. The molecule has 0 atom stereocenters. The third-order valence-corrected chi connectivity index (χ3v) is 8.94. The van der Waals surface area contributed by atoms with Crippen molar-refractivity contribution in [1.82, 2.24) is 24.8 Å². The maximum atomic E-state index is 12.8. The molecule has 2 aromatic carbocycles. The van der Waals surface area contributed by atoms with Gasteiger partial charge < -0.3 is 25.2 Å². The second kappa shape index (κ2) is 12.7. The summed E-state index contributed by atoms with van der Waals surface area (Å²) in [7, 11) is 0.146. The standard InChI is InChI=1S/C29H36ClN9O3S/c1-6-19-16-23(25(42-4)17-24(19)38-14-12-37(3)13-15-38)35-29-33-18-20(30)28(36-29)34-22-9-8-21-26(32-11-10-31-21)27(22)39(7-2)43(5,40)41/h8-11,16-18H,6-7,12-15H2,1-5H3,(H2,33,34,35,36). The lowest BCUT2D eigenvalue weighted by Gasteiger charge is -2.35. The molecular weight excluding hydrogens is 590 g/mol. The molecule has 0 aliphatic carbocycles. The Morgan fingerprint density at radius 1 is 1.02 bits per heavy atom. The number of hydrogen-bond acceptors (Lipinski definition) is 11. The van der Waals surface area contributed by atoms with Crippen LogP contribution in [0.3, 0.4) is 0 Å². The van der Waals surface area contributed by atoms with Gasteiger partial charge in [-0.25, -0.2) is 13.4 Å². The lowest BCUT2D eigenvalue weighted by atomic mass is 10.1. The first-order valence-electron chi connectivity index (χ1n) is 14.0. The van der Waals surface area contributed by atoms with Gasteiger partial charge in [-0.05, 0) is 44.2 Å². The maximum absolute atomic E-state index is 12.8. The molecule has 5 rings (SSSR count). The number of benzene rings is 2. The number of piperazine rings is 1. The van der Waals surface area contributed by atoms with Crippen LogP contribution in [-0.2, 0) is 16.4 Å². The molecular formula is C29H36ClN9O3S. The topological polar surface area (TPSA) is 129 Å². The van der Waals surface area contributed by atoms with Crippen molar-refractivity contribution in [3.8, 4) is 5.75 Å². The zero-order valence-corrected chi connectivity index (χ0v) is 26.5. The van der Waals surface area contributed by atoms with Crippen LogP contribution in [0.1, 0.15) is 19.4 Å². The minimum atomic E-state index is -3.63. The lowest BCUT2D eigenvalue weighted by molar-refractivity contribution is 0.312. The molecule has 4 aromatic rings. The fourth-order valence-corrected chi connectivity index (χ4v) is 6.33. The normalized spacial score (nSPS) is 14.1. The number of halogens is 1. The molecule has 12 nitrogen and oxygen atoms in total. The Labute approximate surface area is 257 Å². The molecule has 228 valence electrons. The number of sulfonamides is 1. The van der Waals surface area contributed by atoms with E-state index in [1.54, 1.807) is 32.4 Å². The minimum absolute atomic E-state index is 0.192. The smallest absolute Gasteiger partial charge is 0.232 e. The summed E-state index contributed by atoms with van der Waals surface area (Å²) in [5, 5.41) is 6.76. The van der Waals surface area contributed by atoms with Gasteiger partial charge in [-0.2, -0.15) is 4.98 Å². The highest BCUT2D eigenvalue weighted by molar-refractivity contribution is 7.92. The van der Waals surface area contributed by atoms with Crippen molar-refractivity contribution in [2.24, 2.45) is 0 Å². The second-order valence-electron chi connectivity index (χ2n) is 10.3. The second-order valence-corrected chi connectivity index (χ2v) is 12.6. The van der Waals surface area contributed by atoms with Crippen molar-refractivity contribution in [2.75, 3.05) is 73.0 Å². The third-order valence-electron chi connectivity index (χ3n) is 7.42. The Hall–Kier alpha value is -3.94. The van der Waals surface area contributed by atoms with Gasteiger partial charge in [0.15, 0.2) is 5.82 Å². The molecule has 0 radical (unpaired) electrons. The number of methoxy groups -OCH3 is 1. The van der Waals surface area contributed by atoms with Crippen molar-refractivity contribution < 1.29 is 13.2 Å². The van der Waals surface area contributed by atoms with Crippen LogP contribution in [0.2, 0.25) is 5.02 Å². The maximum Gasteiger partial charge on any atom is 0.232 e. The van der Waals surface area contributed by atoms with Gasteiger partial charge in [-0.3, -0.25) is 14.3 Å². The SMILES string of the molecule is CCc1cc(Nc2ncc(Cl)c(Nc3ccc4nccnc4c3N(CC)S(C)(=O)=O)n2)c(OC)cc1N1CCN(C)CC1. The number of rotatable bonds is 10. The fourth-order valence-electron chi connectivity index (χ4n) is 5.20. The highest BCUT2D eigenvalue weighted by Crippen LogP contribution is 2.38. The first kappa shape index (κ1) is 30.5. The number of nitrogens with zero attached hydrogens (tertiary/aromatic N) is 7. The van der Waals surface area contributed by atoms with E-state index in [4.69, 9.17) is 16.3 Å². The van der Waals surface area contributed by atoms with Crippen LogP contribution < -0.4 is 24.6 Å². The van der Waals surface area contributed by atoms with Crippen LogP contribution in [0.5, 0.6) is 5.75 Å². The number of aryl methyl sites for hydroxylation is 1. The van der Waals surface area contributed by atoms with Gasteiger partial charge in [0.25, 0.3) is 0 Å². The molecule has 0 bridgehead atoms. The number of likely N-dealkylation sites (N-methyl/N-ethyl adjacent to an activating group) is 1. The van der Waals surface area contributed by atoms with E-state index >= 15 is 0 Å². The molecule has 2 aromatic heterocycles. The largest absolute Gasteiger partial charge is 0.494 e. The monoisotopic (exact) mass is 625 g/mol. The summed E-state index contributed by atoms with van der Waals surface area (Å²) in [4.78, 5) is 22.5. The average Bonchev–Trinajstić information content (AvgIpc) is 2.99. The molecule has 0 saturated carbocycles. The van der Waals surface area contributed by atoms with Gasteiger partial charge in [-0.1, -0.05) is 18.5 Å².